The summed E-state index contributed by atoms with van der Waals surface area (Å²) in [5.41, 5.74) is 5.72. The van der Waals surface area contributed by atoms with Crippen molar-refractivity contribution in [3.05, 3.63) is 29.8 Å². The average molecular weight is 329 g/mol. The molecule has 0 saturated carbocycles. The normalized spacial score (nSPS) is 17.3. The minimum absolute atomic E-state index is 0.0736. The highest BCUT2D eigenvalue weighted by molar-refractivity contribution is 5.81. The van der Waals surface area contributed by atoms with Gasteiger partial charge in [0.15, 0.2) is 0 Å². The number of amides is 1. The van der Waals surface area contributed by atoms with Crippen LogP contribution in [0, 0.1) is 0 Å². The van der Waals surface area contributed by atoms with E-state index in [0.29, 0.717) is 38.3 Å². The molecule has 1 aliphatic heterocycles. The van der Waals surface area contributed by atoms with Gasteiger partial charge in [0, 0.05) is 31.9 Å². The van der Waals surface area contributed by atoms with E-state index in [-0.39, 0.29) is 5.91 Å². The highest BCUT2D eigenvalue weighted by atomic mass is 19.4. The zero-order chi connectivity index (χ0) is 17.0. The maximum atomic E-state index is 12.8. The summed E-state index contributed by atoms with van der Waals surface area (Å²) in [4.78, 5) is 15.7. The van der Waals surface area contributed by atoms with Gasteiger partial charge in [-0.15, -0.1) is 0 Å². The Bertz CT molecular complexity index is 540. The van der Waals surface area contributed by atoms with Gasteiger partial charge < -0.3 is 15.5 Å². The van der Waals surface area contributed by atoms with Gasteiger partial charge in [-0.05, 0) is 24.6 Å². The van der Waals surface area contributed by atoms with E-state index in [1.807, 2.05) is 11.8 Å². The number of rotatable bonds is 4. The van der Waals surface area contributed by atoms with Crippen LogP contribution in [-0.2, 0) is 11.0 Å². The first-order valence-corrected chi connectivity index (χ1v) is 7.79. The number of halogens is 3. The summed E-state index contributed by atoms with van der Waals surface area (Å²) in [5.74, 6) is -0.0736. The molecular weight excluding hydrogens is 307 g/mol. The number of nitrogens with two attached hydrogens (primary N) is 1. The smallest absolute Gasteiger partial charge is 0.368 e. The van der Waals surface area contributed by atoms with E-state index < -0.39 is 17.8 Å². The summed E-state index contributed by atoms with van der Waals surface area (Å²) in [5, 5.41) is 0. The first kappa shape index (κ1) is 17.6. The second kappa shape index (κ2) is 7.21. The Labute approximate surface area is 134 Å². The third kappa shape index (κ3) is 4.37. The van der Waals surface area contributed by atoms with E-state index in [1.165, 1.54) is 6.07 Å². The molecule has 4 nitrogen and oxygen atoms in total. The van der Waals surface area contributed by atoms with Gasteiger partial charge in [0.05, 0.1) is 11.6 Å². The van der Waals surface area contributed by atoms with Crippen LogP contribution < -0.4 is 10.6 Å². The van der Waals surface area contributed by atoms with E-state index in [9.17, 15) is 18.0 Å². The molecule has 7 heteroatoms. The Morgan fingerprint density at radius 1 is 1.26 bits per heavy atom. The lowest BCUT2D eigenvalue weighted by Crippen LogP contribution is -2.53. The van der Waals surface area contributed by atoms with Gasteiger partial charge in [0.25, 0.3) is 0 Å². The third-order valence-corrected chi connectivity index (χ3v) is 4.05. The number of carbonyl (C=O) groups is 1. The van der Waals surface area contributed by atoms with Gasteiger partial charge in [-0.1, -0.05) is 19.4 Å². The molecule has 1 heterocycles. The fourth-order valence-electron chi connectivity index (χ4n) is 2.73. The van der Waals surface area contributed by atoms with E-state index in [4.69, 9.17) is 5.73 Å². The maximum Gasteiger partial charge on any atom is 0.416 e. The van der Waals surface area contributed by atoms with Crippen molar-refractivity contribution in [3.8, 4) is 0 Å². The molecule has 1 aliphatic rings. The lowest BCUT2D eigenvalue weighted by atomic mass is 10.1. The average Bonchev–Trinajstić information content (AvgIpc) is 2.54. The number of anilines is 1. The predicted octanol–water partition coefficient (Wildman–Crippen LogP) is 2.48. The molecule has 0 aliphatic carbocycles. The van der Waals surface area contributed by atoms with Gasteiger partial charge in [-0.25, -0.2) is 0 Å². The zero-order valence-corrected chi connectivity index (χ0v) is 13.1. The van der Waals surface area contributed by atoms with Crippen LogP contribution in [0.4, 0.5) is 18.9 Å². The minimum atomic E-state index is -4.35. The van der Waals surface area contributed by atoms with E-state index in [0.717, 1.165) is 18.6 Å². The van der Waals surface area contributed by atoms with E-state index in [1.54, 1.807) is 11.0 Å². The van der Waals surface area contributed by atoms with Crippen molar-refractivity contribution in [3.63, 3.8) is 0 Å². The molecule has 0 aromatic heterocycles. The van der Waals surface area contributed by atoms with Crippen LogP contribution in [0.2, 0.25) is 0 Å². The number of piperazine rings is 1. The van der Waals surface area contributed by atoms with Crippen LogP contribution in [0.25, 0.3) is 0 Å². The lowest BCUT2D eigenvalue weighted by Gasteiger charge is -2.37. The molecular formula is C16H22F3N3O. The van der Waals surface area contributed by atoms with Crippen molar-refractivity contribution in [2.45, 2.75) is 32.0 Å². The largest absolute Gasteiger partial charge is 0.416 e. The van der Waals surface area contributed by atoms with E-state index in [2.05, 4.69) is 0 Å². The molecule has 23 heavy (non-hydrogen) atoms. The molecule has 1 fully saturated rings. The van der Waals surface area contributed by atoms with Crippen LogP contribution in [0.3, 0.4) is 0 Å². The molecule has 0 bridgehead atoms. The molecule has 2 rings (SSSR count). The summed E-state index contributed by atoms with van der Waals surface area (Å²) in [6.07, 6.45) is -2.86. The summed E-state index contributed by atoms with van der Waals surface area (Å²) < 4.78 is 38.3. The number of hydrogen-bond donors (Lipinski definition) is 1. The predicted molar refractivity (Wildman–Crippen MR) is 83.1 cm³/mol. The van der Waals surface area contributed by atoms with Crippen LogP contribution in [-0.4, -0.2) is 43.0 Å². The van der Waals surface area contributed by atoms with Crippen molar-refractivity contribution in [1.29, 1.82) is 0 Å². The van der Waals surface area contributed by atoms with Crippen molar-refractivity contribution >= 4 is 11.6 Å². The Morgan fingerprint density at radius 2 is 1.91 bits per heavy atom. The quantitative estimate of drug-likeness (QED) is 0.923. The first-order chi connectivity index (χ1) is 10.8. The van der Waals surface area contributed by atoms with Crippen molar-refractivity contribution in [1.82, 2.24) is 4.90 Å². The van der Waals surface area contributed by atoms with Crippen molar-refractivity contribution in [2.24, 2.45) is 5.73 Å². The second-order valence-corrected chi connectivity index (χ2v) is 5.76. The SMILES string of the molecule is CCCC(N)C(=O)N1CCN(c2cccc(C(F)(F)F)c2)CC1. The van der Waals surface area contributed by atoms with Crippen LogP contribution in [0.5, 0.6) is 0 Å². The van der Waals surface area contributed by atoms with E-state index >= 15 is 0 Å². The number of carbonyl (C=O) groups excluding carboxylic acids is 1. The molecule has 1 unspecified atom stereocenters. The summed E-state index contributed by atoms with van der Waals surface area (Å²) in [7, 11) is 0. The van der Waals surface area contributed by atoms with Gasteiger partial charge >= 0.3 is 6.18 Å². The molecule has 1 aromatic rings. The van der Waals surface area contributed by atoms with Gasteiger partial charge in [-0.2, -0.15) is 13.2 Å². The zero-order valence-electron chi connectivity index (χ0n) is 13.1. The summed E-state index contributed by atoms with van der Waals surface area (Å²) in [6.45, 7) is 3.94. The molecule has 1 aromatic carbocycles. The van der Waals surface area contributed by atoms with Crippen molar-refractivity contribution < 1.29 is 18.0 Å². The highest BCUT2D eigenvalue weighted by Crippen LogP contribution is 2.31. The Balaban J connectivity index is 1.98. The summed E-state index contributed by atoms with van der Waals surface area (Å²) >= 11 is 0. The molecule has 2 N–H and O–H groups in total. The highest BCUT2D eigenvalue weighted by Gasteiger charge is 2.31. The molecule has 0 spiro atoms. The van der Waals surface area contributed by atoms with Crippen molar-refractivity contribution in [2.75, 3.05) is 31.1 Å². The van der Waals surface area contributed by atoms with Gasteiger partial charge in [-0.3, -0.25) is 4.79 Å². The van der Waals surface area contributed by atoms with Gasteiger partial charge in [0.1, 0.15) is 0 Å². The molecule has 128 valence electrons. The minimum Gasteiger partial charge on any atom is -0.368 e. The number of hydrogen-bond acceptors (Lipinski definition) is 3. The fraction of sp³-hybridized carbons (Fsp3) is 0.562. The monoisotopic (exact) mass is 329 g/mol. The Morgan fingerprint density at radius 3 is 2.48 bits per heavy atom. The fourth-order valence-corrected chi connectivity index (χ4v) is 2.73. The van der Waals surface area contributed by atoms with Crippen LogP contribution >= 0.6 is 0 Å². The standard InChI is InChI=1S/C16H22F3N3O/c1-2-4-14(20)15(23)22-9-7-21(8-10-22)13-6-3-5-12(11-13)16(17,18)19/h3,5-6,11,14H,2,4,7-10,20H2,1H3. The third-order valence-electron chi connectivity index (χ3n) is 4.05. The number of alkyl halides is 3. The number of benzene rings is 1. The maximum absolute atomic E-state index is 12.8. The molecule has 1 amide bonds. The first-order valence-electron chi connectivity index (χ1n) is 7.79. The topological polar surface area (TPSA) is 49.6 Å². The van der Waals surface area contributed by atoms with Crippen LogP contribution in [0.15, 0.2) is 24.3 Å². The lowest BCUT2D eigenvalue weighted by molar-refractivity contribution is -0.137. The second-order valence-electron chi connectivity index (χ2n) is 5.76. The van der Waals surface area contributed by atoms with Gasteiger partial charge in [0.2, 0.25) is 5.91 Å². The molecule has 1 atom stereocenters. The van der Waals surface area contributed by atoms with Crippen LogP contribution in [0.1, 0.15) is 25.3 Å². The summed E-state index contributed by atoms with van der Waals surface area (Å²) in [6, 6.07) is 4.80. The number of nitrogens with zero attached hydrogens (tertiary/aromatic N) is 2. The Hall–Kier alpha value is -1.76. The molecule has 0 radical (unpaired) electrons. The Kier molecular flexibility index (Phi) is 5.51. The molecule has 1 saturated heterocycles.